The van der Waals surface area contributed by atoms with Crippen molar-refractivity contribution in [2.24, 2.45) is 5.92 Å². The molecule has 27 heavy (non-hydrogen) atoms. The molecule has 2 aromatic carbocycles. The van der Waals surface area contributed by atoms with Crippen LogP contribution in [0.2, 0.25) is 5.02 Å². The average molecular weight is 383 g/mol. The molecule has 0 bridgehead atoms. The molecule has 0 spiro atoms. The molecule has 0 saturated heterocycles. The summed E-state index contributed by atoms with van der Waals surface area (Å²) in [6.45, 7) is 1.08. The van der Waals surface area contributed by atoms with Crippen molar-refractivity contribution in [1.82, 2.24) is 4.57 Å². The van der Waals surface area contributed by atoms with Gasteiger partial charge in [0.15, 0.2) is 0 Å². The van der Waals surface area contributed by atoms with Crippen LogP contribution in [-0.2, 0) is 6.54 Å². The number of rotatable bonds is 5. The van der Waals surface area contributed by atoms with Crippen LogP contribution in [0.4, 0.5) is 11.4 Å². The zero-order chi connectivity index (χ0) is 18.8. The number of hydrogen-bond acceptors (Lipinski definition) is 2. The van der Waals surface area contributed by atoms with Crippen molar-refractivity contribution in [2.75, 3.05) is 5.32 Å². The molecular formula is C22H23ClN2O2. The zero-order valence-electron chi connectivity index (χ0n) is 15.1. The second-order valence-electron chi connectivity index (χ2n) is 7.37. The van der Waals surface area contributed by atoms with Crippen LogP contribution in [0.25, 0.3) is 10.9 Å². The number of halogens is 1. The van der Waals surface area contributed by atoms with Crippen molar-refractivity contribution in [2.45, 2.75) is 38.6 Å². The summed E-state index contributed by atoms with van der Waals surface area (Å²) in [5, 5.41) is 14.2. The fourth-order valence-corrected chi connectivity index (χ4v) is 4.22. The minimum atomic E-state index is -1.00. The van der Waals surface area contributed by atoms with Crippen molar-refractivity contribution in [3.8, 4) is 0 Å². The van der Waals surface area contributed by atoms with Gasteiger partial charge in [-0.2, -0.15) is 0 Å². The van der Waals surface area contributed by atoms with Gasteiger partial charge in [-0.3, -0.25) is 0 Å². The van der Waals surface area contributed by atoms with E-state index >= 15 is 0 Å². The van der Waals surface area contributed by atoms with Gasteiger partial charge in [0.1, 0.15) is 0 Å². The molecular weight excluding hydrogens is 360 g/mol. The summed E-state index contributed by atoms with van der Waals surface area (Å²) in [6.07, 6.45) is 8.90. The molecule has 1 fully saturated rings. The lowest BCUT2D eigenvalue weighted by Gasteiger charge is -2.22. The van der Waals surface area contributed by atoms with Crippen LogP contribution in [-0.4, -0.2) is 15.6 Å². The first-order chi connectivity index (χ1) is 13.1. The van der Waals surface area contributed by atoms with E-state index in [-0.39, 0.29) is 5.56 Å². The predicted molar refractivity (Wildman–Crippen MR) is 110 cm³/mol. The number of nitrogens with one attached hydrogen (secondary N) is 1. The third-order valence-electron chi connectivity index (χ3n) is 5.44. The molecule has 0 atom stereocenters. The van der Waals surface area contributed by atoms with Gasteiger partial charge in [-0.15, -0.1) is 0 Å². The quantitative estimate of drug-likeness (QED) is 0.543. The van der Waals surface area contributed by atoms with Crippen LogP contribution < -0.4 is 5.32 Å². The van der Waals surface area contributed by atoms with E-state index in [0.717, 1.165) is 23.5 Å². The first kappa shape index (κ1) is 17.9. The van der Waals surface area contributed by atoms with E-state index in [1.807, 2.05) is 6.07 Å². The SMILES string of the molecule is O=C(O)c1cc(Cl)ccc1Nc1ccc2c(ccn2CC2CCCCC2)c1. The number of aromatic carboxylic acids is 1. The largest absolute Gasteiger partial charge is 0.478 e. The van der Waals surface area contributed by atoms with E-state index in [1.54, 1.807) is 12.1 Å². The lowest BCUT2D eigenvalue weighted by molar-refractivity contribution is 0.0698. The molecule has 0 amide bonds. The summed E-state index contributed by atoms with van der Waals surface area (Å²) < 4.78 is 2.35. The third kappa shape index (κ3) is 3.96. The van der Waals surface area contributed by atoms with Crippen LogP contribution in [0.3, 0.4) is 0 Å². The maximum atomic E-state index is 11.5. The van der Waals surface area contributed by atoms with Gasteiger partial charge in [0.25, 0.3) is 0 Å². The summed E-state index contributed by atoms with van der Waals surface area (Å²) in [4.78, 5) is 11.5. The average Bonchev–Trinajstić information content (AvgIpc) is 3.06. The van der Waals surface area contributed by atoms with Gasteiger partial charge in [0.2, 0.25) is 0 Å². The van der Waals surface area contributed by atoms with Crippen LogP contribution in [0.5, 0.6) is 0 Å². The predicted octanol–water partition coefficient (Wildman–Crippen LogP) is 6.32. The Morgan fingerprint density at radius 1 is 1.11 bits per heavy atom. The number of benzene rings is 2. The molecule has 1 aromatic heterocycles. The van der Waals surface area contributed by atoms with Crippen molar-refractivity contribution in [3.63, 3.8) is 0 Å². The second kappa shape index (κ2) is 7.65. The number of fused-ring (bicyclic) bond motifs is 1. The maximum absolute atomic E-state index is 11.5. The van der Waals surface area contributed by atoms with E-state index < -0.39 is 5.97 Å². The summed E-state index contributed by atoms with van der Waals surface area (Å²) >= 11 is 5.93. The lowest BCUT2D eigenvalue weighted by Crippen LogP contribution is -2.13. The number of nitrogens with zero attached hydrogens (tertiary/aromatic N) is 1. The number of aromatic nitrogens is 1. The molecule has 1 saturated carbocycles. The summed E-state index contributed by atoms with van der Waals surface area (Å²) in [7, 11) is 0. The van der Waals surface area contributed by atoms with Crippen LogP contribution in [0.15, 0.2) is 48.7 Å². The minimum Gasteiger partial charge on any atom is -0.478 e. The van der Waals surface area contributed by atoms with Gasteiger partial charge < -0.3 is 15.0 Å². The molecule has 4 rings (SSSR count). The van der Waals surface area contributed by atoms with Gasteiger partial charge >= 0.3 is 5.97 Å². The van der Waals surface area contributed by atoms with Crippen LogP contribution in [0.1, 0.15) is 42.5 Å². The van der Waals surface area contributed by atoms with Crippen LogP contribution >= 0.6 is 11.6 Å². The van der Waals surface area contributed by atoms with E-state index in [0.29, 0.717) is 10.7 Å². The first-order valence-corrected chi connectivity index (χ1v) is 9.87. The highest BCUT2D eigenvalue weighted by Crippen LogP contribution is 2.29. The molecule has 3 aromatic rings. The van der Waals surface area contributed by atoms with Crippen molar-refractivity contribution >= 4 is 39.8 Å². The fraction of sp³-hybridized carbons (Fsp3) is 0.318. The molecule has 1 aliphatic carbocycles. The lowest BCUT2D eigenvalue weighted by atomic mass is 9.89. The normalized spacial score (nSPS) is 15.1. The Kier molecular flexibility index (Phi) is 5.08. The van der Waals surface area contributed by atoms with Gasteiger partial charge in [-0.1, -0.05) is 30.9 Å². The van der Waals surface area contributed by atoms with E-state index in [1.165, 1.54) is 43.7 Å². The van der Waals surface area contributed by atoms with Gasteiger partial charge in [-0.25, -0.2) is 4.79 Å². The fourth-order valence-electron chi connectivity index (χ4n) is 4.04. The van der Waals surface area contributed by atoms with E-state index in [4.69, 9.17) is 11.6 Å². The zero-order valence-corrected chi connectivity index (χ0v) is 15.9. The standard InChI is InChI=1S/C22H23ClN2O2/c23-17-6-8-20(19(13-17)22(26)27)24-18-7-9-21-16(12-18)10-11-25(21)14-15-4-2-1-3-5-15/h6-13,15,24H,1-5,14H2,(H,26,27). The Morgan fingerprint density at radius 3 is 2.70 bits per heavy atom. The van der Waals surface area contributed by atoms with Crippen molar-refractivity contribution < 1.29 is 9.90 Å². The monoisotopic (exact) mass is 382 g/mol. The Labute approximate surface area is 163 Å². The molecule has 1 aliphatic rings. The Morgan fingerprint density at radius 2 is 1.93 bits per heavy atom. The smallest absolute Gasteiger partial charge is 0.337 e. The molecule has 0 unspecified atom stereocenters. The van der Waals surface area contributed by atoms with Gasteiger partial charge in [0.05, 0.1) is 11.3 Å². The highest BCUT2D eigenvalue weighted by Gasteiger charge is 2.15. The highest BCUT2D eigenvalue weighted by atomic mass is 35.5. The second-order valence-corrected chi connectivity index (χ2v) is 7.80. The van der Waals surface area contributed by atoms with Gasteiger partial charge in [-0.05, 0) is 61.2 Å². The Bertz CT molecular complexity index is 974. The summed E-state index contributed by atoms with van der Waals surface area (Å²) in [6, 6.07) is 13.2. The number of carboxylic acids is 1. The molecule has 2 N–H and O–H groups in total. The molecule has 5 heteroatoms. The number of anilines is 2. The topological polar surface area (TPSA) is 54.3 Å². The molecule has 0 radical (unpaired) electrons. The van der Waals surface area contributed by atoms with E-state index in [9.17, 15) is 9.90 Å². The third-order valence-corrected chi connectivity index (χ3v) is 5.68. The maximum Gasteiger partial charge on any atom is 0.337 e. The summed E-state index contributed by atoms with van der Waals surface area (Å²) in [5.41, 5.74) is 2.79. The molecule has 4 nitrogen and oxygen atoms in total. The van der Waals surface area contributed by atoms with Gasteiger partial charge in [0, 0.05) is 34.4 Å². The molecule has 140 valence electrons. The van der Waals surface area contributed by atoms with E-state index in [2.05, 4.69) is 34.3 Å². The Hall–Kier alpha value is -2.46. The first-order valence-electron chi connectivity index (χ1n) is 9.49. The Balaban J connectivity index is 1.57. The number of carbonyl (C=O) groups is 1. The molecule has 1 heterocycles. The minimum absolute atomic E-state index is 0.164. The highest BCUT2D eigenvalue weighted by molar-refractivity contribution is 6.31. The summed E-state index contributed by atoms with van der Waals surface area (Å²) in [5.74, 6) is -0.223. The van der Waals surface area contributed by atoms with Crippen molar-refractivity contribution in [3.05, 3.63) is 59.2 Å². The molecule has 0 aliphatic heterocycles. The van der Waals surface area contributed by atoms with Crippen molar-refractivity contribution in [1.29, 1.82) is 0 Å². The van der Waals surface area contributed by atoms with Crippen LogP contribution in [0, 0.1) is 5.92 Å². The number of hydrogen-bond donors (Lipinski definition) is 2. The number of carboxylic acid groups (broad SMARTS) is 1.